The van der Waals surface area contributed by atoms with E-state index in [2.05, 4.69) is 10.9 Å². The van der Waals surface area contributed by atoms with Gasteiger partial charge in [0, 0.05) is 17.0 Å². The molecule has 0 bridgehead atoms. The van der Waals surface area contributed by atoms with Crippen LogP contribution in [0.5, 0.6) is 0 Å². The minimum Gasteiger partial charge on any atom is -0.273 e. The van der Waals surface area contributed by atoms with Gasteiger partial charge in [-0.25, -0.2) is 0 Å². The normalized spacial score (nSPS) is 10.1. The van der Waals surface area contributed by atoms with E-state index in [0.717, 1.165) is 10.5 Å². The highest BCUT2D eigenvalue weighted by Crippen LogP contribution is 2.17. The number of amides is 2. The second-order valence-corrected chi connectivity index (χ2v) is 6.35. The summed E-state index contributed by atoms with van der Waals surface area (Å²) in [5, 5.41) is 10.6. The molecule has 7 nitrogen and oxygen atoms in total. The summed E-state index contributed by atoms with van der Waals surface area (Å²) in [6.45, 7) is 1.99. The molecule has 0 atom stereocenters. The van der Waals surface area contributed by atoms with Crippen LogP contribution in [-0.4, -0.2) is 22.5 Å². The third-order valence-electron chi connectivity index (χ3n) is 3.24. The predicted octanol–water partition coefficient (Wildman–Crippen LogP) is 2.39. The smallest absolute Gasteiger partial charge is 0.269 e. The van der Waals surface area contributed by atoms with E-state index in [1.807, 2.05) is 31.2 Å². The van der Waals surface area contributed by atoms with Crippen molar-refractivity contribution in [3.05, 3.63) is 69.8 Å². The zero-order chi connectivity index (χ0) is 18.2. The van der Waals surface area contributed by atoms with Gasteiger partial charge >= 0.3 is 0 Å². The van der Waals surface area contributed by atoms with Crippen molar-refractivity contribution in [2.45, 2.75) is 18.2 Å². The maximum atomic E-state index is 11.8. The third kappa shape index (κ3) is 6.27. The second-order valence-electron chi connectivity index (χ2n) is 5.30. The van der Waals surface area contributed by atoms with Crippen LogP contribution < -0.4 is 10.9 Å². The summed E-state index contributed by atoms with van der Waals surface area (Å²) >= 11 is 1.37. The highest BCUT2D eigenvalue weighted by Gasteiger charge is 2.09. The average Bonchev–Trinajstić information content (AvgIpc) is 2.60. The molecule has 0 fully saturated rings. The Labute approximate surface area is 148 Å². The van der Waals surface area contributed by atoms with Gasteiger partial charge in [-0.3, -0.25) is 30.6 Å². The topological polar surface area (TPSA) is 101 Å². The first kappa shape index (κ1) is 18.5. The first-order valence-corrected chi connectivity index (χ1v) is 8.43. The van der Waals surface area contributed by atoms with Gasteiger partial charge < -0.3 is 0 Å². The summed E-state index contributed by atoms with van der Waals surface area (Å²) in [5.74, 6) is -0.536. The summed E-state index contributed by atoms with van der Waals surface area (Å²) in [6, 6.07) is 13.5. The first-order valence-electron chi connectivity index (χ1n) is 7.44. The van der Waals surface area contributed by atoms with Crippen molar-refractivity contribution < 1.29 is 14.5 Å². The Balaban J connectivity index is 1.72. The van der Waals surface area contributed by atoms with E-state index in [0.29, 0.717) is 5.56 Å². The van der Waals surface area contributed by atoms with Crippen LogP contribution in [0.3, 0.4) is 0 Å². The lowest BCUT2D eigenvalue weighted by atomic mass is 10.1. The number of aryl methyl sites for hydroxylation is 1. The summed E-state index contributed by atoms with van der Waals surface area (Å²) < 4.78 is 0. The molecule has 2 rings (SSSR count). The second kappa shape index (κ2) is 8.84. The van der Waals surface area contributed by atoms with Gasteiger partial charge in [0.25, 0.3) is 5.69 Å². The van der Waals surface area contributed by atoms with Crippen LogP contribution in [-0.2, 0) is 16.0 Å². The lowest BCUT2D eigenvalue weighted by Gasteiger charge is -2.07. The molecule has 2 aromatic rings. The van der Waals surface area contributed by atoms with Gasteiger partial charge in [-0.05, 0) is 24.6 Å². The quantitative estimate of drug-likeness (QED) is 0.468. The van der Waals surface area contributed by atoms with Crippen molar-refractivity contribution in [1.82, 2.24) is 10.9 Å². The Morgan fingerprint density at radius 1 is 1.00 bits per heavy atom. The Bertz CT molecular complexity index is 760. The molecule has 2 N–H and O–H groups in total. The van der Waals surface area contributed by atoms with E-state index in [9.17, 15) is 19.7 Å². The van der Waals surface area contributed by atoms with E-state index in [1.54, 1.807) is 0 Å². The lowest BCUT2D eigenvalue weighted by molar-refractivity contribution is -0.384. The van der Waals surface area contributed by atoms with Gasteiger partial charge in [0.05, 0.1) is 17.1 Å². The number of thioether (sulfide) groups is 1. The largest absolute Gasteiger partial charge is 0.273 e. The molecule has 0 aliphatic rings. The molecule has 0 aromatic heterocycles. The zero-order valence-corrected chi connectivity index (χ0v) is 14.3. The zero-order valence-electron chi connectivity index (χ0n) is 13.5. The van der Waals surface area contributed by atoms with Gasteiger partial charge in [0.15, 0.2) is 0 Å². The van der Waals surface area contributed by atoms with Gasteiger partial charge in [-0.1, -0.05) is 29.8 Å². The molecule has 0 unspecified atom stereocenters. The van der Waals surface area contributed by atoms with Crippen molar-refractivity contribution in [2.24, 2.45) is 0 Å². The number of benzene rings is 2. The molecule has 0 spiro atoms. The van der Waals surface area contributed by atoms with Crippen molar-refractivity contribution in [3.63, 3.8) is 0 Å². The van der Waals surface area contributed by atoms with Gasteiger partial charge in [-0.2, -0.15) is 0 Å². The molecule has 8 heteroatoms. The van der Waals surface area contributed by atoms with Crippen LogP contribution in [0.1, 0.15) is 11.1 Å². The van der Waals surface area contributed by atoms with E-state index < -0.39 is 10.8 Å². The Morgan fingerprint density at radius 2 is 1.60 bits per heavy atom. The molecular formula is C17H17N3O4S. The number of nitrogens with zero attached hydrogens (tertiary/aromatic N) is 1. The van der Waals surface area contributed by atoms with Gasteiger partial charge in [0.1, 0.15) is 0 Å². The van der Waals surface area contributed by atoms with Crippen LogP contribution >= 0.6 is 11.8 Å². The van der Waals surface area contributed by atoms with Crippen LogP contribution in [0.25, 0.3) is 0 Å². The number of hydrazine groups is 1. The molecule has 0 radical (unpaired) electrons. The van der Waals surface area contributed by atoms with Crippen LogP contribution in [0.15, 0.2) is 53.4 Å². The summed E-state index contributed by atoms with van der Waals surface area (Å²) in [7, 11) is 0. The molecule has 130 valence electrons. The first-order chi connectivity index (χ1) is 11.9. The number of rotatable bonds is 6. The molecular weight excluding hydrogens is 342 g/mol. The van der Waals surface area contributed by atoms with Crippen LogP contribution in [0, 0.1) is 17.0 Å². The maximum absolute atomic E-state index is 11.8. The van der Waals surface area contributed by atoms with Crippen LogP contribution in [0.4, 0.5) is 5.69 Å². The SMILES string of the molecule is Cc1ccc(SCC(=O)NNC(=O)Cc2ccc([N+](=O)[O-])cc2)cc1. The summed E-state index contributed by atoms with van der Waals surface area (Å²) in [4.78, 5) is 34.6. The highest BCUT2D eigenvalue weighted by molar-refractivity contribution is 8.00. The number of non-ortho nitro benzene ring substituents is 1. The van der Waals surface area contributed by atoms with Crippen molar-refractivity contribution in [1.29, 1.82) is 0 Å². The number of carbonyl (C=O) groups excluding carboxylic acids is 2. The van der Waals surface area contributed by atoms with E-state index in [1.165, 1.54) is 36.0 Å². The highest BCUT2D eigenvalue weighted by atomic mass is 32.2. The minimum absolute atomic E-state index is 0.0172. The fraction of sp³-hybridized carbons (Fsp3) is 0.176. The van der Waals surface area contributed by atoms with E-state index >= 15 is 0 Å². The number of nitro benzene ring substituents is 1. The molecule has 0 heterocycles. The van der Waals surface area contributed by atoms with Gasteiger partial charge in [-0.15, -0.1) is 11.8 Å². The molecule has 2 amide bonds. The van der Waals surface area contributed by atoms with Crippen molar-refractivity contribution in [3.8, 4) is 0 Å². The molecule has 25 heavy (non-hydrogen) atoms. The van der Waals surface area contributed by atoms with Gasteiger partial charge in [0.2, 0.25) is 11.8 Å². The summed E-state index contributed by atoms with van der Waals surface area (Å²) in [5.41, 5.74) is 6.40. The standard InChI is InChI=1S/C17H17N3O4S/c1-12-2-8-15(9-3-12)25-11-17(22)19-18-16(21)10-13-4-6-14(7-5-13)20(23)24/h2-9H,10-11H2,1H3,(H,18,21)(H,19,22). The monoisotopic (exact) mass is 359 g/mol. The van der Waals surface area contributed by atoms with E-state index in [4.69, 9.17) is 0 Å². The lowest BCUT2D eigenvalue weighted by Crippen LogP contribution is -2.43. The number of hydrogen-bond donors (Lipinski definition) is 2. The van der Waals surface area contributed by atoms with Crippen molar-refractivity contribution in [2.75, 3.05) is 5.75 Å². The number of carbonyl (C=O) groups is 2. The Kier molecular flexibility index (Phi) is 6.53. The Morgan fingerprint density at radius 3 is 2.20 bits per heavy atom. The fourth-order valence-electron chi connectivity index (χ4n) is 1.92. The predicted molar refractivity (Wildman–Crippen MR) is 95.0 cm³/mol. The minimum atomic E-state index is -0.504. The summed E-state index contributed by atoms with van der Waals surface area (Å²) in [6.07, 6.45) is 0.0172. The average molecular weight is 359 g/mol. The molecule has 0 aliphatic heterocycles. The third-order valence-corrected chi connectivity index (χ3v) is 4.26. The Hall–Kier alpha value is -2.87. The number of nitrogens with one attached hydrogen (secondary N) is 2. The fourth-order valence-corrected chi connectivity index (χ4v) is 2.62. The molecule has 0 aliphatic carbocycles. The molecule has 2 aromatic carbocycles. The molecule has 0 saturated heterocycles. The van der Waals surface area contributed by atoms with Crippen LogP contribution in [0.2, 0.25) is 0 Å². The number of nitro groups is 1. The molecule has 0 saturated carbocycles. The van der Waals surface area contributed by atoms with E-state index in [-0.39, 0.29) is 23.8 Å². The maximum Gasteiger partial charge on any atom is 0.269 e. The number of hydrogen-bond acceptors (Lipinski definition) is 5. The van der Waals surface area contributed by atoms with Crippen molar-refractivity contribution >= 4 is 29.3 Å².